The molecule has 3 rings (SSSR count). The smallest absolute Gasteiger partial charge is 0.227 e. The Labute approximate surface area is 221 Å². The molecule has 2 aromatic carbocycles. The van der Waals surface area contributed by atoms with Crippen LogP contribution in [0, 0.1) is 6.92 Å². The van der Waals surface area contributed by atoms with E-state index in [0.29, 0.717) is 22.8 Å². The lowest BCUT2D eigenvalue weighted by atomic mass is 9.91. The summed E-state index contributed by atoms with van der Waals surface area (Å²) in [5, 5.41) is 23.5. The van der Waals surface area contributed by atoms with E-state index in [4.69, 9.17) is 18.6 Å². The van der Waals surface area contributed by atoms with Gasteiger partial charge in [-0.15, -0.1) is 0 Å². The van der Waals surface area contributed by atoms with Crippen LogP contribution < -0.4 is 25.0 Å². The van der Waals surface area contributed by atoms with E-state index in [1.165, 1.54) is 19.2 Å². The van der Waals surface area contributed by atoms with E-state index in [1.54, 1.807) is 33.3 Å². The fourth-order valence-electron chi connectivity index (χ4n) is 4.26. The third-order valence-corrected chi connectivity index (χ3v) is 6.29. The Morgan fingerprint density at radius 3 is 2.21 bits per heavy atom. The number of methoxy groups -OCH3 is 3. The summed E-state index contributed by atoms with van der Waals surface area (Å²) in [6.45, 7) is 1.86. The molecular formula is C28H34N2O8. The SMILES string of the molecule is COc1cc(C(CC(=O)NCC(c2ccc(OC)c(OC)c2)N(C)C)c2oc(C)cc(=O)c2O)ccc1O. The summed E-state index contributed by atoms with van der Waals surface area (Å²) in [4.78, 5) is 27.5. The zero-order chi connectivity index (χ0) is 28.0. The summed E-state index contributed by atoms with van der Waals surface area (Å²) in [6, 6.07) is 11.1. The predicted molar refractivity (Wildman–Crippen MR) is 141 cm³/mol. The number of carbonyl (C=O) groups excluding carboxylic acids is 1. The third kappa shape index (κ3) is 6.38. The number of phenolic OH excluding ortho intramolecular Hbond substituents is 1. The zero-order valence-corrected chi connectivity index (χ0v) is 22.4. The van der Waals surface area contributed by atoms with E-state index in [-0.39, 0.29) is 42.2 Å². The highest BCUT2D eigenvalue weighted by atomic mass is 16.5. The quantitative estimate of drug-likeness (QED) is 0.344. The maximum atomic E-state index is 13.2. The van der Waals surface area contributed by atoms with Gasteiger partial charge in [0.1, 0.15) is 5.76 Å². The monoisotopic (exact) mass is 526 g/mol. The molecule has 0 radical (unpaired) electrons. The molecule has 10 heteroatoms. The van der Waals surface area contributed by atoms with Crippen LogP contribution in [0.4, 0.5) is 0 Å². The minimum absolute atomic E-state index is 0.0399. The van der Waals surface area contributed by atoms with Crippen LogP contribution in [0.3, 0.4) is 0 Å². The molecule has 0 aliphatic carbocycles. The van der Waals surface area contributed by atoms with E-state index in [2.05, 4.69) is 5.32 Å². The molecule has 0 fully saturated rings. The van der Waals surface area contributed by atoms with E-state index >= 15 is 0 Å². The molecule has 1 amide bonds. The zero-order valence-electron chi connectivity index (χ0n) is 22.4. The normalized spacial score (nSPS) is 12.6. The summed E-state index contributed by atoms with van der Waals surface area (Å²) >= 11 is 0. The molecule has 1 heterocycles. The van der Waals surface area contributed by atoms with Gasteiger partial charge in [0.05, 0.1) is 33.3 Å². The number of aromatic hydroxyl groups is 2. The van der Waals surface area contributed by atoms with Gasteiger partial charge in [-0.25, -0.2) is 0 Å². The van der Waals surface area contributed by atoms with Crippen molar-refractivity contribution in [3.63, 3.8) is 0 Å². The first-order valence-corrected chi connectivity index (χ1v) is 11.9. The van der Waals surface area contributed by atoms with Crippen molar-refractivity contribution in [1.29, 1.82) is 0 Å². The van der Waals surface area contributed by atoms with Crippen molar-refractivity contribution >= 4 is 5.91 Å². The molecule has 0 saturated carbocycles. The van der Waals surface area contributed by atoms with Gasteiger partial charge in [0.25, 0.3) is 0 Å². The molecule has 0 aliphatic heterocycles. The molecule has 0 bridgehead atoms. The highest BCUT2D eigenvalue weighted by Crippen LogP contribution is 2.37. The molecule has 1 aromatic heterocycles. The molecule has 2 atom stereocenters. The lowest BCUT2D eigenvalue weighted by molar-refractivity contribution is -0.121. The Kier molecular flexibility index (Phi) is 9.25. The van der Waals surface area contributed by atoms with Gasteiger partial charge in [-0.05, 0) is 56.4 Å². The lowest BCUT2D eigenvalue weighted by Gasteiger charge is -2.26. The summed E-state index contributed by atoms with van der Waals surface area (Å²) in [7, 11) is 8.33. The molecule has 0 saturated heterocycles. The van der Waals surface area contributed by atoms with Crippen molar-refractivity contribution < 1.29 is 33.6 Å². The second-order valence-electron chi connectivity index (χ2n) is 9.02. The number of hydrogen-bond acceptors (Lipinski definition) is 9. The first-order valence-electron chi connectivity index (χ1n) is 11.9. The minimum Gasteiger partial charge on any atom is -0.504 e. The van der Waals surface area contributed by atoms with Gasteiger partial charge >= 0.3 is 0 Å². The van der Waals surface area contributed by atoms with Gasteiger partial charge in [0.15, 0.2) is 28.8 Å². The van der Waals surface area contributed by atoms with Crippen LogP contribution in [-0.2, 0) is 4.79 Å². The largest absolute Gasteiger partial charge is 0.504 e. The Balaban J connectivity index is 1.90. The molecule has 2 unspecified atom stereocenters. The maximum Gasteiger partial charge on any atom is 0.227 e. The molecule has 0 aliphatic rings. The van der Waals surface area contributed by atoms with Crippen LogP contribution in [0.15, 0.2) is 51.7 Å². The van der Waals surface area contributed by atoms with Gasteiger partial charge in [0, 0.05) is 19.0 Å². The molecular weight excluding hydrogens is 492 g/mol. The van der Waals surface area contributed by atoms with Crippen molar-refractivity contribution in [2.75, 3.05) is 42.0 Å². The summed E-state index contributed by atoms with van der Waals surface area (Å²) in [5.41, 5.74) is 0.819. The van der Waals surface area contributed by atoms with Gasteiger partial charge in [-0.3, -0.25) is 9.59 Å². The minimum atomic E-state index is -0.823. The van der Waals surface area contributed by atoms with Crippen LogP contribution in [0.2, 0.25) is 0 Å². The topological polar surface area (TPSA) is 131 Å². The van der Waals surface area contributed by atoms with E-state index < -0.39 is 17.1 Å². The Morgan fingerprint density at radius 1 is 0.947 bits per heavy atom. The third-order valence-electron chi connectivity index (χ3n) is 6.29. The van der Waals surface area contributed by atoms with Crippen LogP contribution in [0.25, 0.3) is 0 Å². The maximum absolute atomic E-state index is 13.2. The molecule has 0 spiro atoms. The summed E-state index contributed by atoms with van der Waals surface area (Å²) < 4.78 is 21.7. The molecule has 3 N–H and O–H groups in total. The number of carbonyl (C=O) groups is 1. The first-order chi connectivity index (χ1) is 18.1. The number of benzene rings is 2. The average Bonchev–Trinajstić information content (AvgIpc) is 2.89. The summed E-state index contributed by atoms with van der Waals surface area (Å²) in [6.07, 6.45) is -0.139. The van der Waals surface area contributed by atoms with Gasteiger partial charge in [-0.1, -0.05) is 12.1 Å². The number of rotatable bonds is 11. The lowest BCUT2D eigenvalue weighted by Crippen LogP contribution is -2.35. The van der Waals surface area contributed by atoms with E-state index in [9.17, 15) is 19.8 Å². The summed E-state index contributed by atoms with van der Waals surface area (Å²) in [5.74, 6) is -0.201. The van der Waals surface area contributed by atoms with Crippen molar-refractivity contribution in [1.82, 2.24) is 10.2 Å². The number of ether oxygens (including phenoxy) is 3. The molecule has 3 aromatic rings. The van der Waals surface area contributed by atoms with Crippen LogP contribution in [-0.4, -0.2) is 63.0 Å². The van der Waals surface area contributed by atoms with Crippen molar-refractivity contribution in [2.45, 2.75) is 25.3 Å². The average molecular weight is 527 g/mol. The number of nitrogens with zero attached hydrogens (tertiary/aromatic N) is 1. The van der Waals surface area contributed by atoms with Crippen LogP contribution >= 0.6 is 0 Å². The van der Waals surface area contributed by atoms with Crippen molar-refractivity contribution in [3.05, 3.63) is 75.3 Å². The number of amides is 1. The van der Waals surface area contributed by atoms with Crippen molar-refractivity contribution in [3.8, 4) is 28.7 Å². The highest BCUT2D eigenvalue weighted by molar-refractivity contribution is 5.77. The fraction of sp³-hybridized carbons (Fsp3) is 0.357. The number of phenols is 1. The van der Waals surface area contributed by atoms with E-state index in [1.807, 2.05) is 37.2 Å². The van der Waals surface area contributed by atoms with E-state index in [0.717, 1.165) is 5.56 Å². The Hall–Kier alpha value is -4.18. The van der Waals surface area contributed by atoms with Gasteiger partial charge < -0.3 is 39.1 Å². The number of aryl methyl sites for hydroxylation is 1. The molecule has 204 valence electrons. The van der Waals surface area contributed by atoms with Gasteiger partial charge in [-0.2, -0.15) is 0 Å². The molecule has 10 nitrogen and oxygen atoms in total. The second kappa shape index (κ2) is 12.4. The molecule has 38 heavy (non-hydrogen) atoms. The second-order valence-corrected chi connectivity index (χ2v) is 9.02. The number of nitrogens with one attached hydrogen (secondary N) is 1. The van der Waals surface area contributed by atoms with Gasteiger partial charge in [0.2, 0.25) is 17.1 Å². The first kappa shape index (κ1) is 28.4. The standard InChI is InChI=1S/C28H34N2O8/c1-16-11-22(32)27(34)28(38-16)19(17-7-9-21(31)24(12-17)36-5)14-26(33)29-15-20(30(2)3)18-8-10-23(35-4)25(13-18)37-6/h7-13,19-20,31,34H,14-15H2,1-6H3,(H,29,33). The van der Waals surface area contributed by atoms with Crippen LogP contribution in [0.5, 0.6) is 28.7 Å². The Bertz CT molecular complexity index is 1330. The van der Waals surface area contributed by atoms with Crippen LogP contribution in [0.1, 0.15) is 41.0 Å². The Morgan fingerprint density at radius 2 is 1.58 bits per heavy atom. The number of likely N-dealkylation sites (N-methyl/N-ethyl adjacent to an activating group) is 1. The predicted octanol–water partition coefficient (Wildman–Crippen LogP) is 3.33. The van der Waals surface area contributed by atoms with Crippen molar-refractivity contribution in [2.24, 2.45) is 0 Å². The highest BCUT2D eigenvalue weighted by Gasteiger charge is 2.27. The number of hydrogen-bond donors (Lipinski definition) is 3. The fourth-order valence-corrected chi connectivity index (χ4v) is 4.26.